The number of halogens is 2. The molecule has 0 fully saturated rings. The van der Waals surface area contributed by atoms with Crippen molar-refractivity contribution in [1.82, 2.24) is 10.2 Å². The normalized spacial score (nSPS) is 14.4. The first kappa shape index (κ1) is 9.92. The molecule has 0 aliphatic carbocycles. The van der Waals surface area contributed by atoms with E-state index in [0.29, 0.717) is 23.1 Å². The van der Waals surface area contributed by atoms with Gasteiger partial charge in [-0.05, 0) is 21.5 Å². The molecule has 0 atom stereocenters. The highest BCUT2D eigenvalue weighted by Gasteiger charge is 2.25. The summed E-state index contributed by atoms with van der Waals surface area (Å²) in [6.07, 6.45) is 1.20. The Labute approximate surface area is 98.2 Å². The van der Waals surface area contributed by atoms with Gasteiger partial charge in [0.1, 0.15) is 11.3 Å². The van der Waals surface area contributed by atoms with E-state index in [1.54, 1.807) is 0 Å². The van der Waals surface area contributed by atoms with Gasteiger partial charge in [0.15, 0.2) is 5.82 Å². The standard InChI is InChI=1S/C10H6BrFN2O2/c11-8-5-3-16-2-4(5)7-6(15)1-13-14-10(7)9(8)12/h1H,2-3H2,(H,14,15). The molecule has 3 rings (SSSR count). The number of nitrogens with zero attached hydrogens (tertiary/aromatic N) is 2. The van der Waals surface area contributed by atoms with Crippen LogP contribution in [-0.4, -0.2) is 15.3 Å². The van der Waals surface area contributed by atoms with Crippen molar-refractivity contribution in [3.8, 4) is 5.75 Å². The van der Waals surface area contributed by atoms with Crippen molar-refractivity contribution >= 4 is 26.8 Å². The predicted octanol–water partition coefficient (Wildman–Crippen LogP) is 2.27. The van der Waals surface area contributed by atoms with Crippen molar-refractivity contribution in [2.75, 3.05) is 0 Å². The Morgan fingerprint density at radius 1 is 1.38 bits per heavy atom. The van der Waals surface area contributed by atoms with E-state index in [4.69, 9.17) is 4.74 Å². The Morgan fingerprint density at radius 2 is 2.12 bits per heavy atom. The van der Waals surface area contributed by atoms with Crippen LogP contribution in [0, 0.1) is 5.82 Å². The van der Waals surface area contributed by atoms with Gasteiger partial charge in [-0.1, -0.05) is 0 Å². The predicted molar refractivity (Wildman–Crippen MR) is 57.4 cm³/mol. The van der Waals surface area contributed by atoms with Crippen LogP contribution < -0.4 is 0 Å². The molecule has 1 aromatic heterocycles. The zero-order valence-corrected chi connectivity index (χ0v) is 9.58. The molecule has 1 N–H and O–H groups in total. The molecule has 2 heterocycles. The molecule has 16 heavy (non-hydrogen) atoms. The van der Waals surface area contributed by atoms with Gasteiger partial charge in [0, 0.05) is 5.56 Å². The Kier molecular flexibility index (Phi) is 2.08. The van der Waals surface area contributed by atoms with Gasteiger partial charge in [-0.15, -0.1) is 5.10 Å². The first-order valence-electron chi connectivity index (χ1n) is 4.61. The first-order chi connectivity index (χ1) is 7.70. The summed E-state index contributed by atoms with van der Waals surface area (Å²) in [6, 6.07) is 0. The lowest BCUT2D eigenvalue weighted by Gasteiger charge is -2.08. The van der Waals surface area contributed by atoms with Crippen LogP contribution in [0.2, 0.25) is 0 Å². The van der Waals surface area contributed by atoms with Gasteiger partial charge in [0.25, 0.3) is 0 Å². The highest BCUT2D eigenvalue weighted by molar-refractivity contribution is 9.10. The lowest BCUT2D eigenvalue weighted by atomic mass is 10.0. The summed E-state index contributed by atoms with van der Waals surface area (Å²) in [6.45, 7) is 0.689. The molecule has 0 saturated heterocycles. The summed E-state index contributed by atoms with van der Waals surface area (Å²) in [5.41, 5.74) is 1.57. The molecule has 0 radical (unpaired) electrons. The van der Waals surface area contributed by atoms with E-state index >= 15 is 0 Å². The van der Waals surface area contributed by atoms with Crippen molar-refractivity contribution in [1.29, 1.82) is 0 Å². The minimum Gasteiger partial charge on any atom is -0.506 e. The minimum atomic E-state index is -0.511. The molecular formula is C10H6BrFN2O2. The van der Waals surface area contributed by atoms with Crippen LogP contribution in [0.25, 0.3) is 10.9 Å². The highest BCUT2D eigenvalue weighted by Crippen LogP contribution is 2.39. The third-order valence-corrected chi connectivity index (χ3v) is 3.48. The molecule has 0 spiro atoms. The van der Waals surface area contributed by atoms with Crippen molar-refractivity contribution in [3.05, 3.63) is 27.6 Å². The number of aromatic nitrogens is 2. The van der Waals surface area contributed by atoms with Crippen LogP contribution in [0.3, 0.4) is 0 Å². The van der Waals surface area contributed by atoms with Crippen LogP contribution in [0.5, 0.6) is 5.75 Å². The zero-order chi connectivity index (χ0) is 11.3. The van der Waals surface area contributed by atoms with E-state index in [1.165, 1.54) is 6.20 Å². The van der Waals surface area contributed by atoms with Crippen molar-refractivity contribution in [3.63, 3.8) is 0 Å². The molecule has 0 unspecified atom stereocenters. The Hall–Kier alpha value is -1.27. The Bertz CT molecular complexity index is 603. The number of hydrogen-bond donors (Lipinski definition) is 1. The average molecular weight is 285 g/mol. The van der Waals surface area contributed by atoms with Gasteiger partial charge in [-0.25, -0.2) is 4.39 Å². The number of hydrogen-bond acceptors (Lipinski definition) is 4. The van der Waals surface area contributed by atoms with Crippen LogP contribution in [0.4, 0.5) is 4.39 Å². The fourth-order valence-electron chi connectivity index (χ4n) is 1.91. The summed E-state index contributed by atoms with van der Waals surface area (Å²) in [5.74, 6) is -0.583. The molecule has 82 valence electrons. The fourth-order valence-corrected chi connectivity index (χ4v) is 2.45. The van der Waals surface area contributed by atoms with Gasteiger partial charge in [0.05, 0.1) is 29.3 Å². The molecule has 1 aliphatic heterocycles. The van der Waals surface area contributed by atoms with E-state index in [1.807, 2.05) is 0 Å². The van der Waals surface area contributed by atoms with Gasteiger partial charge in [-0.2, -0.15) is 5.10 Å². The number of ether oxygens (including phenoxy) is 1. The van der Waals surface area contributed by atoms with Crippen molar-refractivity contribution < 1.29 is 14.2 Å². The highest BCUT2D eigenvalue weighted by atomic mass is 79.9. The van der Waals surface area contributed by atoms with Crippen LogP contribution >= 0.6 is 15.9 Å². The van der Waals surface area contributed by atoms with E-state index in [0.717, 1.165) is 11.1 Å². The largest absolute Gasteiger partial charge is 0.506 e. The van der Waals surface area contributed by atoms with Crippen LogP contribution in [0.1, 0.15) is 11.1 Å². The fraction of sp³-hybridized carbons (Fsp3) is 0.200. The molecule has 0 amide bonds. The lowest BCUT2D eigenvalue weighted by molar-refractivity contribution is 0.134. The Morgan fingerprint density at radius 3 is 2.94 bits per heavy atom. The number of rotatable bonds is 0. The van der Waals surface area contributed by atoms with Gasteiger partial charge < -0.3 is 9.84 Å². The number of benzene rings is 1. The lowest BCUT2D eigenvalue weighted by Crippen LogP contribution is -1.96. The number of fused-ring (bicyclic) bond motifs is 3. The third-order valence-electron chi connectivity index (χ3n) is 2.66. The summed E-state index contributed by atoms with van der Waals surface area (Å²) in [4.78, 5) is 0. The van der Waals surface area contributed by atoms with Gasteiger partial charge >= 0.3 is 0 Å². The van der Waals surface area contributed by atoms with E-state index in [-0.39, 0.29) is 11.3 Å². The van der Waals surface area contributed by atoms with Crippen LogP contribution in [-0.2, 0) is 18.0 Å². The zero-order valence-electron chi connectivity index (χ0n) is 8.00. The maximum Gasteiger partial charge on any atom is 0.166 e. The second kappa shape index (κ2) is 3.36. The third kappa shape index (κ3) is 1.17. The summed E-state index contributed by atoms with van der Waals surface area (Å²) < 4.78 is 19.5. The molecule has 1 aliphatic rings. The molecule has 0 bridgehead atoms. The van der Waals surface area contributed by atoms with Crippen molar-refractivity contribution in [2.45, 2.75) is 13.2 Å². The smallest absolute Gasteiger partial charge is 0.166 e. The van der Waals surface area contributed by atoms with Crippen LogP contribution in [0.15, 0.2) is 10.7 Å². The minimum absolute atomic E-state index is 0.0659. The molecule has 2 aromatic rings. The van der Waals surface area contributed by atoms with Gasteiger partial charge in [0.2, 0.25) is 0 Å². The SMILES string of the molecule is Oc1cnnc2c(F)c(Br)c3c(c12)COC3. The summed E-state index contributed by atoms with van der Waals surface area (Å²) in [5, 5.41) is 17.4. The van der Waals surface area contributed by atoms with Gasteiger partial charge in [-0.3, -0.25) is 0 Å². The maximum atomic E-state index is 13.9. The first-order valence-corrected chi connectivity index (χ1v) is 5.40. The van der Waals surface area contributed by atoms with Crippen molar-refractivity contribution in [2.24, 2.45) is 0 Å². The van der Waals surface area contributed by atoms with E-state index < -0.39 is 5.82 Å². The monoisotopic (exact) mass is 284 g/mol. The molecule has 4 nitrogen and oxygen atoms in total. The summed E-state index contributed by atoms with van der Waals surface area (Å²) in [7, 11) is 0. The second-order valence-corrected chi connectivity index (χ2v) is 4.32. The number of aromatic hydroxyl groups is 1. The molecule has 1 aromatic carbocycles. The molecular weight excluding hydrogens is 279 g/mol. The van der Waals surface area contributed by atoms with E-state index in [9.17, 15) is 9.50 Å². The second-order valence-electron chi connectivity index (χ2n) is 3.53. The quantitative estimate of drug-likeness (QED) is 0.806. The molecule has 6 heteroatoms. The Balaban J connectivity index is 2.55. The topological polar surface area (TPSA) is 55.2 Å². The average Bonchev–Trinajstić information content (AvgIpc) is 2.74. The maximum absolute atomic E-state index is 13.9. The molecule has 0 saturated carbocycles. The summed E-state index contributed by atoms with van der Waals surface area (Å²) >= 11 is 3.17. The van der Waals surface area contributed by atoms with E-state index in [2.05, 4.69) is 26.1 Å².